The first-order valence-electron chi connectivity index (χ1n) is 5.52. The van der Waals surface area contributed by atoms with Crippen LogP contribution in [0.3, 0.4) is 0 Å². The number of carbonyl (C=O) groups excluding carboxylic acids is 1. The summed E-state index contributed by atoms with van der Waals surface area (Å²) in [7, 11) is 0. The molecule has 0 aromatic rings. The van der Waals surface area contributed by atoms with Gasteiger partial charge in [-0.15, -0.1) is 4.65 Å². The highest BCUT2D eigenvalue weighted by Gasteiger charge is 2.34. The van der Waals surface area contributed by atoms with E-state index in [1.165, 1.54) is 6.08 Å². The second kappa shape index (κ2) is 5.88. The van der Waals surface area contributed by atoms with Crippen LogP contribution in [0, 0.1) is 0 Å². The van der Waals surface area contributed by atoms with E-state index in [4.69, 9.17) is 9.57 Å². The van der Waals surface area contributed by atoms with E-state index >= 15 is 0 Å². The Bertz CT molecular complexity index is 222. The lowest BCUT2D eigenvalue weighted by molar-refractivity contribution is -1.09. The third-order valence-corrected chi connectivity index (χ3v) is 2.66. The molecule has 0 amide bonds. The Kier molecular flexibility index (Phi) is 4.78. The second-order valence-corrected chi connectivity index (χ2v) is 3.81. The standard InChI is InChI=1S/C11H20NO3/c1-3-5-6-12(15-11(13)4-2)7-9-14-10-8-12/h4H,2-3,5-10H2,1H3/q+1. The molecule has 1 aliphatic heterocycles. The summed E-state index contributed by atoms with van der Waals surface area (Å²) in [5.41, 5.74) is 0. The molecule has 0 atom stereocenters. The molecular formula is C11H20NO3+. The molecule has 0 aromatic heterocycles. The van der Waals surface area contributed by atoms with Gasteiger partial charge in [0.15, 0.2) is 0 Å². The van der Waals surface area contributed by atoms with Crippen LogP contribution in [0.15, 0.2) is 12.7 Å². The lowest BCUT2D eigenvalue weighted by Gasteiger charge is -2.36. The fraction of sp³-hybridized carbons (Fsp3) is 0.727. The van der Waals surface area contributed by atoms with Crippen LogP contribution in [0.25, 0.3) is 0 Å². The number of ether oxygens (including phenoxy) is 1. The van der Waals surface area contributed by atoms with Gasteiger partial charge in [0, 0.05) is 12.5 Å². The maximum atomic E-state index is 11.3. The van der Waals surface area contributed by atoms with Crippen molar-refractivity contribution >= 4 is 5.97 Å². The molecule has 15 heavy (non-hydrogen) atoms. The first-order valence-corrected chi connectivity index (χ1v) is 5.52. The van der Waals surface area contributed by atoms with Crippen LogP contribution in [0.2, 0.25) is 0 Å². The van der Waals surface area contributed by atoms with Crippen molar-refractivity contribution in [3.8, 4) is 0 Å². The van der Waals surface area contributed by atoms with Crippen LogP contribution in [0.1, 0.15) is 19.8 Å². The van der Waals surface area contributed by atoms with E-state index in [0.29, 0.717) is 17.9 Å². The summed E-state index contributed by atoms with van der Waals surface area (Å²) in [6.45, 7) is 9.25. The zero-order valence-electron chi connectivity index (χ0n) is 9.41. The zero-order valence-corrected chi connectivity index (χ0v) is 9.41. The molecular weight excluding hydrogens is 194 g/mol. The van der Waals surface area contributed by atoms with Gasteiger partial charge in [0.05, 0.1) is 13.2 Å². The minimum atomic E-state index is -0.340. The van der Waals surface area contributed by atoms with Gasteiger partial charge in [-0.25, -0.2) is 4.79 Å². The van der Waals surface area contributed by atoms with Crippen molar-refractivity contribution in [3.05, 3.63) is 12.7 Å². The molecule has 4 nitrogen and oxygen atoms in total. The predicted octanol–water partition coefficient (Wildman–Crippen LogP) is 1.28. The van der Waals surface area contributed by atoms with Gasteiger partial charge in [-0.1, -0.05) is 19.9 Å². The molecule has 0 aromatic carbocycles. The molecule has 0 unspecified atom stereocenters. The van der Waals surface area contributed by atoms with Crippen molar-refractivity contribution in [3.63, 3.8) is 0 Å². The Morgan fingerprint density at radius 1 is 1.53 bits per heavy atom. The summed E-state index contributed by atoms with van der Waals surface area (Å²) in [6, 6.07) is 0. The Morgan fingerprint density at radius 3 is 2.73 bits per heavy atom. The predicted molar refractivity (Wildman–Crippen MR) is 56.9 cm³/mol. The van der Waals surface area contributed by atoms with Crippen molar-refractivity contribution in [1.29, 1.82) is 0 Å². The topological polar surface area (TPSA) is 35.5 Å². The summed E-state index contributed by atoms with van der Waals surface area (Å²) in [5, 5.41) is 0. The monoisotopic (exact) mass is 214 g/mol. The Labute approximate surface area is 91.0 Å². The van der Waals surface area contributed by atoms with Crippen molar-refractivity contribution < 1.29 is 19.0 Å². The first kappa shape index (κ1) is 12.2. The summed E-state index contributed by atoms with van der Waals surface area (Å²) < 4.78 is 5.69. The molecule has 0 aliphatic carbocycles. The number of morpholine rings is 1. The van der Waals surface area contributed by atoms with Gasteiger partial charge in [-0.3, -0.25) is 4.84 Å². The first-order chi connectivity index (χ1) is 7.22. The van der Waals surface area contributed by atoms with Gasteiger partial charge in [0.25, 0.3) is 0 Å². The second-order valence-electron chi connectivity index (χ2n) is 3.81. The average Bonchev–Trinajstić information content (AvgIpc) is 2.27. The highest BCUT2D eigenvalue weighted by Crippen LogP contribution is 2.15. The SMILES string of the molecule is C=CC(=O)O[N+]1(CCCC)CCOCC1. The van der Waals surface area contributed by atoms with Gasteiger partial charge in [0.2, 0.25) is 0 Å². The summed E-state index contributed by atoms with van der Waals surface area (Å²) in [5.74, 6) is -0.340. The quantitative estimate of drug-likeness (QED) is 0.511. The van der Waals surface area contributed by atoms with E-state index in [2.05, 4.69) is 13.5 Å². The number of hydrogen-bond donors (Lipinski definition) is 0. The molecule has 0 saturated carbocycles. The van der Waals surface area contributed by atoms with E-state index in [0.717, 1.165) is 32.5 Å². The van der Waals surface area contributed by atoms with Gasteiger partial charge in [0.1, 0.15) is 19.6 Å². The van der Waals surface area contributed by atoms with Crippen molar-refractivity contribution in [1.82, 2.24) is 0 Å². The van der Waals surface area contributed by atoms with Crippen LogP contribution in [0.5, 0.6) is 0 Å². The molecule has 1 heterocycles. The molecule has 1 rings (SSSR count). The molecule has 0 radical (unpaired) electrons. The van der Waals surface area contributed by atoms with Crippen LogP contribution in [-0.4, -0.2) is 43.5 Å². The van der Waals surface area contributed by atoms with Gasteiger partial charge < -0.3 is 4.74 Å². The molecule has 86 valence electrons. The minimum Gasteiger partial charge on any atom is -0.369 e. The maximum Gasteiger partial charge on any atom is 0.389 e. The molecule has 0 N–H and O–H groups in total. The molecule has 0 spiro atoms. The highest BCUT2D eigenvalue weighted by molar-refractivity contribution is 5.80. The highest BCUT2D eigenvalue weighted by atomic mass is 16.7. The van der Waals surface area contributed by atoms with E-state index in [1.54, 1.807) is 0 Å². The number of quaternary nitrogens is 1. The molecule has 1 saturated heterocycles. The molecule has 0 bridgehead atoms. The van der Waals surface area contributed by atoms with Gasteiger partial charge >= 0.3 is 5.97 Å². The van der Waals surface area contributed by atoms with Crippen LogP contribution in [-0.2, 0) is 14.4 Å². The van der Waals surface area contributed by atoms with Crippen LogP contribution >= 0.6 is 0 Å². The number of unbranched alkanes of at least 4 members (excludes halogenated alkanes) is 1. The largest absolute Gasteiger partial charge is 0.389 e. The lowest BCUT2D eigenvalue weighted by Crippen LogP contribution is -2.56. The van der Waals surface area contributed by atoms with Crippen LogP contribution < -0.4 is 0 Å². The summed E-state index contributed by atoms with van der Waals surface area (Å²) >= 11 is 0. The Hall–Kier alpha value is -0.870. The Morgan fingerprint density at radius 2 is 2.20 bits per heavy atom. The maximum absolute atomic E-state index is 11.3. The number of rotatable bonds is 5. The van der Waals surface area contributed by atoms with Crippen molar-refractivity contribution in [2.75, 3.05) is 32.8 Å². The smallest absolute Gasteiger partial charge is 0.369 e. The van der Waals surface area contributed by atoms with Crippen molar-refractivity contribution in [2.45, 2.75) is 19.8 Å². The van der Waals surface area contributed by atoms with Gasteiger partial charge in [-0.05, 0) is 0 Å². The van der Waals surface area contributed by atoms with E-state index in [9.17, 15) is 4.79 Å². The van der Waals surface area contributed by atoms with E-state index < -0.39 is 0 Å². The van der Waals surface area contributed by atoms with Gasteiger partial charge in [-0.2, -0.15) is 0 Å². The number of carbonyl (C=O) groups is 1. The van der Waals surface area contributed by atoms with Crippen LogP contribution in [0.4, 0.5) is 0 Å². The summed E-state index contributed by atoms with van der Waals surface area (Å²) in [4.78, 5) is 16.7. The zero-order chi connectivity index (χ0) is 11.1. The van der Waals surface area contributed by atoms with Crippen molar-refractivity contribution in [2.24, 2.45) is 0 Å². The fourth-order valence-corrected chi connectivity index (χ4v) is 1.71. The third-order valence-electron chi connectivity index (χ3n) is 2.66. The average molecular weight is 214 g/mol. The number of hydroxylamine groups is 3. The molecule has 1 aliphatic rings. The van der Waals surface area contributed by atoms with E-state index in [1.807, 2.05) is 0 Å². The molecule has 1 fully saturated rings. The fourth-order valence-electron chi connectivity index (χ4n) is 1.71. The lowest BCUT2D eigenvalue weighted by atomic mass is 10.3. The minimum absolute atomic E-state index is 0.340. The van der Waals surface area contributed by atoms with E-state index in [-0.39, 0.29) is 5.97 Å². The third kappa shape index (κ3) is 3.64. The molecule has 4 heteroatoms. The summed E-state index contributed by atoms with van der Waals surface area (Å²) in [6.07, 6.45) is 3.39. The number of nitrogens with zero attached hydrogens (tertiary/aromatic N) is 1. The Balaban J connectivity index is 2.57. The number of hydrogen-bond acceptors (Lipinski definition) is 3. The normalized spacial score (nSPS) is 19.5.